The summed E-state index contributed by atoms with van der Waals surface area (Å²) in [6.07, 6.45) is 0. The van der Waals surface area contributed by atoms with Gasteiger partial charge in [-0.1, -0.05) is 39.7 Å². The second-order valence-electron chi connectivity index (χ2n) is 6.77. The van der Waals surface area contributed by atoms with Gasteiger partial charge in [-0.05, 0) is 30.3 Å². The van der Waals surface area contributed by atoms with Gasteiger partial charge >= 0.3 is 0 Å². The molecule has 0 radical (unpaired) electrons. The third kappa shape index (κ3) is 3.74. The Labute approximate surface area is 171 Å². The van der Waals surface area contributed by atoms with Crippen LogP contribution in [0.15, 0.2) is 46.9 Å². The third-order valence-corrected chi connectivity index (χ3v) is 5.89. The van der Waals surface area contributed by atoms with Gasteiger partial charge in [0.25, 0.3) is 5.91 Å². The van der Waals surface area contributed by atoms with Crippen LogP contribution in [0.2, 0.25) is 5.02 Å². The van der Waals surface area contributed by atoms with Gasteiger partial charge in [0.2, 0.25) is 0 Å². The molecule has 2 aromatic carbocycles. The highest BCUT2D eigenvalue weighted by atomic mass is 79.9. The van der Waals surface area contributed by atoms with Gasteiger partial charge in [0, 0.05) is 37.7 Å². The van der Waals surface area contributed by atoms with Crippen molar-refractivity contribution >= 4 is 44.5 Å². The number of benzene rings is 2. The third-order valence-electron chi connectivity index (χ3n) is 5.06. The van der Waals surface area contributed by atoms with Gasteiger partial charge in [-0.2, -0.15) is 0 Å². The van der Waals surface area contributed by atoms with Gasteiger partial charge in [0.15, 0.2) is 0 Å². The van der Waals surface area contributed by atoms with Crippen LogP contribution in [0, 0.1) is 0 Å². The molecular formula is C20H20BrClN4O. The fraction of sp³-hybridized carbons (Fsp3) is 0.300. The number of para-hydroxylation sites is 2. The van der Waals surface area contributed by atoms with Crippen molar-refractivity contribution in [1.82, 2.24) is 19.4 Å². The lowest BCUT2D eigenvalue weighted by Gasteiger charge is -2.34. The van der Waals surface area contributed by atoms with Crippen LogP contribution >= 0.6 is 27.5 Å². The van der Waals surface area contributed by atoms with Crippen molar-refractivity contribution in [3.05, 3.63) is 63.3 Å². The average molecular weight is 448 g/mol. The van der Waals surface area contributed by atoms with Crippen LogP contribution in [0.25, 0.3) is 11.0 Å². The molecule has 3 aromatic rings. The molecule has 0 spiro atoms. The van der Waals surface area contributed by atoms with Crippen molar-refractivity contribution in [2.75, 3.05) is 26.2 Å². The molecule has 1 aliphatic rings. The molecule has 5 nitrogen and oxygen atoms in total. The number of hydrogen-bond acceptors (Lipinski definition) is 3. The van der Waals surface area contributed by atoms with Crippen molar-refractivity contribution in [3.63, 3.8) is 0 Å². The molecule has 0 aliphatic carbocycles. The van der Waals surface area contributed by atoms with Crippen LogP contribution in [0.4, 0.5) is 0 Å². The predicted octanol–water partition coefficient (Wildman–Crippen LogP) is 3.95. The summed E-state index contributed by atoms with van der Waals surface area (Å²) in [5.74, 6) is 1.04. The van der Waals surface area contributed by atoms with E-state index in [0.29, 0.717) is 23.7 Å². The Bertz CT molecular complexity index is 995. The number of carbonyl (C=O) groups excluding carboxylic acids is 1. The lowest BCUT2D eigenvalue weighted by atomic mass is 10.2. The molecule has 0 atom stereocenters. The molecule has 1 amide bonds. The number of aromatic nitrogens is 2. The number of piperazine rings is 1. The molecule has 1 aliphatic heterocycles. The zero-order valence-electron chi connectivity index (χ0n) is 15.0. The summed E-state index contributed by atoms with van der Waals surface area (Å²) in [6, 6.07) is 13.5. The fourth-order valence-corrected chi connectivity index (χ4v) is 4.04. The first kappa shape index (κ1) is 18.5. The summed E-state index contributed by atoms with van der Waals surface area (Å²) in [5, 5.41) is 0.491. The predicted molar refractivity (Wildman–Crippen MR) is 111 cm³/mol. The maximum atomic E-state index is 12.8. The Kier molecular flexibility index (Phi) is 5.21. The maximum Gasteiger partial charge on any atom is 0.255 e. The summed E-state index contributed by atoms with van der Waals surface area (Å²) in [5.41, 5.74) is 2.72. The molecule has 1 fully saturated rings. The van der Waals surface area contributed by atoms with E-state index >= 15 is 0 Å². The Morgan fingerprint density at radius 1 is 1.15 bits per heavy atom. The number of fused-ring (bicyclic) bond motifs is 1. The molecule has 1 saturated heterocycles. The normalized spacial score (nSPS) is 15.4. The SMILES string of the molecule is Cn1c(CN2CCN(C(=O)c3cc(Br)ccc3Cl)CC2)nc2ccccc21. The van der Waals surface area contributed by atoms with E-state index < -0.39 is 0 Å². The number of amides is 1. The monoisotopic (exact) mass is 446 g/mol. The van der Waals surface area contributed by atoms with E-state index in [9.17, 15) is 4.79 Å². The topological polar surface area (TPSA) is 41.4 Å². The fourth-order valence-electron chi connectivity index (χ4n) is 3.48. The van der Waals surface area contributed by atoms with Crippen molar-refractivity contribution in [2.45, 2.75) is 6.54 Å². The average Bonchev–Trinajstić information content (AvgIpc) is 3.00. The molecule has 0 N–H and O–H groups in total. The minimum Gasteiger partial charge on any atom is -0.336 e. The van der Waals surface area contributed by atoms with Crippen molar-refractivity contribution in [3.8, 4) is 0 Å². The summed E-state index contributed by atoms with van der Waals surface area (Å²) in [7, 11) is 2.06. The van der Waals surface area contributed by atoms with E-state index in [-0.39, 0.29) is 5.91 Å². The zero-order valence-corrected chi connectivity index (χ0v) is 17.4. The summed E-state index contributed by atoms with van der Waals surface area (Å²) >= 11 is 9.62. The van der Waals surface area contributed by atoms with Crippen molar-refractivity contribution in [2.24, 2.45) is 7.05 Å². The van der Waals surface area contributed by atoms with Gasteiger partial charge < -0.3 is 9.47 Å². The van der Waals surface area contributed by atoms with Crippen LogP contribution in [-0.4, -0.2) is 51.4 Å². The first-order valence-electron chi connectivity index (χ1n) is 8.90. The zero-order chi connectivity index (χ0) is 19.0. The Hall–Kier alpha value is -1.89. The quantitative estimate of drug-likeness (QED) is 0.610. The molecular weight excluding hydrogens is 428 g/mol. The van der Waals surface area contributed by atoms with Crippen LogP contribution in [-0.2, 0) is 13.6 Å². The second-order valence-corrected chi connectivity index (χ2v) is 8.09. The highest BCUT2D eigenvalue weighted by Gasteiger charge is 2.24. The molecule has 7 heteroatoms. The molecule has 27 heavy (non-hydrogen) atoms. The number of halogens is 2. The highest BCUT2D eigenvalue weighted by Crippen LogP contribution is 2.23. The number of carbonyl (C=O) groups is 1. The second kappa shape index (κ2) is 7.62. The summed E-state index contributed by atoms with van der Waals surface area (Å²) in [6.45, 7) is 3.79. The van der Waals surface area contributed by atoms with Crippen LogP contribution in [0.3, 0.4) is 0 Å². The standard InChI is InChI=1S/C20H20BrClN4O/c1-24-18-5-3-2-4-17(18)23-19(24)13-25-8-10-26(11-9-25)20(27)15-12-14(21)6-7-16(15)22/h2-7,12H,8-11,13H2,1H3. The van der Waals surface area contributed by atoms with Crippen LogP contribution in [0.5, 0.6) is 0 Å². The Balaban J connectivity index is 1.42. The number of aryl methyl sites for hydroxylation is 1. The first-order chi connectivity index (χ1) is 13.0. The molecule has 140 valence electrons. The number of rotatable bonds is 3. The van der Waals surface area contributed by atoms with E-state index in [1.807, 2.05) is 29.2 Å². The number of imidazole rings is 1. The molecule has 2 heterocycles. The molecule has 0 bridgehead atoms. The smallest absolute Gasteiger partial charge is 0.255 e. The van der Waals surface area contributed by atoms with Crippen LogP contribution < -0.4 is 0 Å². The van der Waals surface area contributed by atoms with E-state index in [0.717, 1.165) is 41.0 Å². The number of hydrogen-bond donors (Lipinski definition) is 0. The Morgan fingerprint density at radius 2 is 1.89 bits per heavy atom. The molecule has 0 saturated carbocycles. The maximum absolute atomic E-state index is 12.8. The molecule has 1 aromatic heterocycles. The minimum absolute atomic E-state index is 0.0105. The van der Waals surface area contributed by atoms with E-state index in [1.54, 1.807) is 12.1 Å². The lowest BCUT2D eigenvalue weighted by molar-refractivity contribution is 0.0624. The Morgan fingerprint density at radius 3 is 2.63 bits per heavy atom. The van der Waals surface area contributed by atoms with Crippen LogP contribution in [0.1, 0.15) is 16.2 Å². The molecule has 0 unspecified atom stereocenters. The summed E-state index contributed by atoms with van der Waals surface area (Å²) < 4.78 is 3.00. The van der Waals surface area contributed by atoms with Gasteiger partial charge in [0.05, 0.1) is 28.2 Å². The first-order valence-corrected chi connectivity index (χ1v) is 10.1. The van der Waals surface area contributed by atoms with E-state index in [4.69, 9.17) is 16.6 Å². The number of nitrogens with zero attached hydrogens (tertiary/aromatic N) is 4. The van der Waals surface area contributed by atoms with Gasteiger partial charge in [-0.15, -0.1) is 0 Å². The van der Waals surface area contributed by atoms with Gasteiger partial charge in [0.1, 0.15) is 5.82 Å². The van der Waals surface area contributed by atoms with Gasteiger partial charge in [-0.3, -0.25) is 9.69 Å². The molecule has 4 rings (SSSR count). The van der Waals surface area contributed by atoms with E-state index in [2.05, 4.69) is 38.5 Å². The van der Waals surface area contributed by atoms with Crippen molar-refractivity contribution < 1.29 is 4.79 Å². The van der Waals surface area contributed by atoms with Crippen molar-refractivity contribution in [1.29, 1.82) is 0 Å². The minimum atomic E-state index is -0.0105. The van der Waals surface area contributed by atoms with Gasteiger partial charge in [-0.25, -0.2) is 4.98 Å². The van der Waals surface area contributed by atoms with E-state index in [1.165, 1.54) is 0 Å². The lowest BCUT2D eigenvalue weighted by Crippen LogP contribution is -2.48. The summed E-state index contributed by atoms with van der Waals surface area (Å²) in [4.78, 5) is 21.8. The largest absolute Gasteiger partial charge is 0.336 e. The highest BCUT2D eigenvalue weighted by molar-refractivity contribution is 9.10.